The SMILES string of the molecule is C/C(=C\CC(=O)C/C=C(\C)CCCC(C)CCCC(C)CCCC(C)C)CCCC(C)CCCC(C)CCCC(C)C. The monoisotopic (exact) mass is 587 g/mol. The van der Waals surface area contributed by atoms with Crippen molar-refractivity contribution >= 4 is 5.78 Å². The minimum atomic E-state index is 0.362. The van der Waals surface area contributed by atoms with Crippen molar-refractivity contribution in [3.8, 4) is 0 Å². The Balaban J connectivity index is 3.93. The predicted molar refractivity (Wildman–Crippen MR) is 191 cm³/mol. The molecule has 0 radical (unpaired) electrons. The molecule has 0 heterocycles. The minimum absolute atomic E-state index is 0.362. The zero-order valence-corrected chi connectivity index (χ0v) is 30.7. The fraction of sp³-hybridized carbons (Fsp3) is 0.878. The molecule has 0 aliphatic carbocycles. The van der Waals surface area contributed by atoms with Gasteiger partial charge in [-0.05, 0) is 75.0 Å². The van der Waals surface area contributed by atoms with Gasteiger partial charge in [-0.25, -0.2) is 0 Å². The molecule has 0 fully saturated rings. The third-order valence-corrected chi connectivity index (χ3v) is 9.64. The van der Waals surface area contributed by atoms with E-state index in [2.05, 4.69) is 81.4 Å². The van der Waals surface area contributed by atoms with Crippen molar-refractivity contribution in [2.24, 2.45) is 35.5 Å². The summed E-state index contributed by atoms with van der Waals surface area (Å²) in [5.41, 5.74) is 2.79. The molecule has 1 nitrogen and oxygen atoms in total. The van der Waals surface area contributed by atoms with Crippen LogP contribution in [0.15, 0.2) is 23.3 Å². The molecular formula is C41H78O. The van der Waals surface area contributed by atoms with Gasteiger partial charge in [-0.3, -0.25) is 4.79 Å². The number of Topliss-reactive ketones (excluding diaryl/α,β-unsaturated/α-hetero) is 1. The van der Waals surface area contributed by atoms with Gasteiger partial charge in [0.05, 0.1) is 0 Å². The van der Waals surface area contributed by atoms with Crippen LogP contribution < -0.4 is 0 Å². The van der Waals surface area contributed by atoms with Crippen LogP contribution in [0.4, 0.5) is 0 Å². The highest BCUT2D eigenvalue weighted by molar-refractivity contribution is 5.81. The van der Waals surface area contributed by atoms with E-state index >= 15 is 0 Å². The summed E-state index contributed by atoms with van der Waals surface area (Å²) in [6, 6.07) is 0. The third-order valence-electron chi connectivity index (χ3n) is 9.64. The lowest BCUT2D eigenvalue weighted by molar-refractivity contribution is -0.117. The summed E-state index contributed by atoms with van der Waals surface area (Å²) >= 11 is 0. The molecule has 0 spiro atoms. The van der Waals surface area contributed by atoms with Crippen molar-refractivity contribution in [1.29, 1.82) is 0 Å². The number of ketones is 1. The Bertz CT molecular complexity index is 638. The van der Waals surface area contributed by atoms with E-state index in [-0.39, 0.29) is 0 Å². The molecule has 4 unspecified atom stereocenters. The van der Waals surface area contributed by atoms with Gasteiger partial charge in [0.25, 0.3) is 0 Å². The van der Waals surface area contributed by atoms with E-state index in [1.807, 2.05) is 0 Å². The van der Waals surface area contributed by atoms with Crippen LogP contribution >= 0.6 is 0 Å². The number of carbonyl (C=O) groups excluding carboxylic acids is 1. The molecule has 0 aliphatic rings. The van der Waals surface area contributed by atoms with E-state index in [1.165, 1.54) is 114 Å². The summed E-state index contributed by atoms with van der Waals surface area (Å²) in [6.45, 7) is 23.5. The molecule has 248 valence electrons. The van der Waals surface area contributed by atoms with Crippen molar-refractivity contribution in [1.82, 2.24) is 0 Å². The quantitative estimate of drug-likeness (QED) is 0.0833. The number of hydrogen-bond donors (Lipinski definition) is 0. The first-order valence-corrected chi connectivity index (χ1v) is 18.7. The molecule has 0 N–H and O–H groups in total. The van der Waals surface area contributed by atoms with Gasteiger partial charge in [0.1, 0.15) is 5.78 Å². The van der Waals surface area contributed by atoms with Crippen molar-refractivity contribution in [3.63, 3.8) is 0 Å². The Kier molecular flexibility index (Phi) is 26.0. The van der Waals surface area contributed by atoms with Gasteiger partial charge in [-0.1, -0.05) is 169 Å². The van der Waals surface area contributed by atoms with Crippen LogP contribution in [0, 0.1) is 35.5 Å². The Morgan fingerprint density at radius 3 is 0.976 bits per heavy atom. The molecule has 0 rings (SSSR count). The van der Waals surface area contributed by atoms with E-state index in [4.69, 9.17) is 0 Å². The van der Waals surface area contributed by atoms with Gasteiger partial charge in [-0.15, -0.1) is 0 Å². The lowest BCUT2D eigenvalue weighted by atomic mass is 9.91. The predicted octanol–water partition coefficient (Wildman–Crippen LogP) is 14.1. The summed E-state index contributed by atoms with van der Waals surface area (Å²) < 4.78 is 0. The van der Waals surface area contributed by atoms with E-state index in [1.54, 1.807) is 0 Å². The Morgan fingerprint density at radius 2 is 0.690 bits per heavy atom. The van der Waals surface area contributed by atoms with E-state index in [0.29, 0.717) is 18.6 Å². The molecule has 0 aromatic rings. The fourth-order valence-electron chi connectivity index (χ4n) is 6.28. The maximum absolute atomic E-state index is 12.5. The number of allylic oxidation sites excluding steroid dienone is 4. The zero-order valence-electron chi connectivity index (χ0n) is 30.7. The van der Waals surface area contributed by atoms with Crippen LogP contribution in [-0.4, -0.2) is 5.78 Å². The van der Waals surface area contributed by atoms with E-state index < -0.39 is 0 Å². The second-order valence-corrected chi connectivity index (χ2v) is 15.8. The molecular weight excluding hydrogens is 508 g/mol. The smallest absolute Gasteiger partial charge is 0.140 e. The normalized spacial score (nSPS) is 15.8. The van der Waals surface area contributed by atoms with Crippen molar-refractivity contribution in [2.75, 3.05) is 0 Å². The Labute approximate surface area is 266 Å². The van der Waals surface area contributed by atoms with Gasteiger partial charge in [0.2, 0.25) is 0 Å². The fourth-order valence-corrected chi connectivity index (χ4v) is 6.28. The molecule has 0 saturated heterocycles. The lowest BCUT2D eigenvalue weighted by Gasteiger charge is -2.15. The average Bonchev–Trinajstić information content (AvgIpc) is 2.90. The molecule has 0 aromatic heterocycles. The molecule has 4 atom stereocenters. The van der Waals surface area contributed by atoms with Crippen molar-refractivity contribution < 1.29 is 4.79 Å². The van der Waals surface area contributed by atoms with Crippen LogP contribution in [0.5, 0.6) is 0 Å². The van der Waals surface area contributed by atoms with Crippen LogP contribution in [-0.2, 0) is 4.79 Å². The second-order valence-electron chi connectivity index (χ2n) is 15.8. The number of rotatable bonds is 28. The first kappa shape index (κ1) is 41.1. The topological polar surface area (TPSA) is 17.1 Å². The van der Waals surface area contributed by atoms with Crippen molar-refractivity contribution in [3.05, 3.63) is 23.3 Å². The highest BCUT2D eigenvalue weighted by Crippen LogP contribution is 2.24. The maximum Gasteiger partial charge on any atom is 0.140 e. The lowest BCUT2D eigenvalue weighted by Crippen LogP contribution is -2.00. The van der Waals surface area contributed by atoms with Gasteiger partial charge < -0.3 is 0 Å². The van der Waals surface area contributed by atoms with Gasteiger partial charge in [0, 0.05) is 12.8 Å². The molecule has 0 saturated carbocycles. The van der Waals surface area contributed by atoms with Gasteiger partial charge in [-0.2, -0.15) is 0 Å². The minimum Gasteiger partial charge on any atom is -0.299 e. The summed E-state index contributed by atoms with van der Waals surface area (Å²) in [6.07, 6.45) is 29.7. The third kappa shape index (κ3) is 28.0. The number of carbonyl (C=O) groups is 1. The van der Waals surface area contributed by atoms with E-state index in [9.17, 15) is 4.79 Å². The molecule has 1 heteroatoms. The molecule has 0 amide bonds. The average molecular weight is 587 g/mol. The van der Waals surface area contributed by atoms with Gasteiger partial charge >= 0.3 is 0 Å². The molecule has 0 aromatic carbocycles. The Hall–Kier alpha value is -0.850. The highest BCUT2D eigenvalue weighted by atomic mass is 16.1. The molecule has 0 aliphatic heterocycles. The largest absolute Gasteiger partial charge is 0.299 e. The van der Waals surface area contributed by atoms with Crippen LogP contribution in [0.1, 0.15) is 198 Å². The Morgan fingerprint density at radius 1 is 0.429 bits per heavy atom. The first-order valence-electron chi connectivity index (χ1n) is 18.7. The van der Waals surface area contributed by atoms with Crippen LogP contribution in [0.3, 0.4) is 0 Å². The second kappa shape index (κ2) is 26.5. The molecule has 42 heavy (non-hydrogen) atoms. The number of hydrogen-bond acceptors (Lipinski definition) is 1. The summed E-state index contributed by atoms with van der Waals surface area (Å²) in [7, 11) is 0. The van der Waals surface area contributed by atoms with Gasteiger partial charge in [0.15, 0.2) is 0 Å². The highest BCUT2D eigenvalue weighted by Gasteiger charge is 2.08. The summed E-state index contributed by atoms with van der Waals surface area (Å²) in [4.78, 5) is 12.5. The molecule has 0 bridgehead atoms. The van der Waals surface area contributed by atoms with Crippen molar-refractivity contribution in [2.45, 2.75) is 198 Å². The first-order chi connectivity index (χ1) is 19.9. The summed E-state index contributed by atoms with van der Waals surface area (Å²) in [5, 5.41) is 0. The zero-order chi connectivity index (χ0) is 31.8. The standard InChI is InChI=1S/C41H78O/c1-33(2)17-11-19-35(5)21-13-23-37(7)25-15-27-39(9)29-31-41(42)32-30-40(10)28-16-26-38(8)24-14-22-36(6)20-12-18-34(3)4/h29-30,33-38H,11-28,31-32H2,1-10H3/b39-29+,40-30+. The maximum atomic E-state index is 12.5. The van der Waals surface area contributed by atoms with E-state index in [0.717, 1.165) is 48.3 Å². The van der Waals surface area contributed by atoms with Crippen LogP contribution in [0.2, 0.25) is 0 Å². The van der Waals surface area contributed by atoms with Crippen LogP contribution in [0.25, 0.3) is 0 Å². The summed E-state index contributed by atoms with van der Waals surface area (Å²) in [5.74, 6) is 5.48.